The molecule has 0 N–H and O–H groups in total. The Kier molecular flexibility index (Phi) is 4.18. The van der Waals surface area contributed by atoms with Gasteiger partial charge in [0.05, 0.1) is 24.7 Å². The molecule has 2 fully saturated rings. The van der Waals surface area contributed by atoms with Crippen LogP contribution in [-0.2, 0) is 14.3 Å². The third-order valence-electron chi connectivity index (χ3n) is 7.62. The number of ether oxygens (including phenoxy) is 2. The van der Waals surface area contributed by atoms with E-state index in [1.807, 2.05) is 0 Å². The van der Waals surface area contributed by atoms with Crippen LogP contribution in [-0.4, -0.2) is 24.3 Å². The molecular formula is C21H34O3. The summed E-state index contributed by atoms with van der Waals surface area (Å²) in [5.41, 5.74) is 1.27. The Morgan fingerprint density at radius 1 is 1.21 bits per heavy atom. The number of allylic oxidation sites excluding steroid dienone is 1. The summed E-state index contributed by atoms with van der Waals surface area (Å²) in [5, 5.41) is 0. The van der Waals surface area contributed by atoms with E-state index in [-0.39, 0.29) is 17.0 Å². The van der Waals surface area contributed by atoms with E-state index in [4.69, 9.17) is 9.47 Å². The van der Waals surface area contributed by atoms with Gasteiger partial charge < -0.3 is 9.47 Å². The Hall–Kier alpha value is -0.830. The number of esters is 1. The van der Waals surface area contributed by atoms with E-state index in [2.05, 4.69) is 40.7 Å². The van der Waals surface area contributed by atoms with Gasteiger partial charge in [0.1, 0.15) is 0 Å². The van der Waals surface area contributed by atoms with Crippen LogP contribution in [0.4, 0.5) is 0 Å². The number of carbonyl (C=O) groups excluding carboxylic acids is 1. The molecule has 24 heavy (non-hydrogen) atoms. The summed E-state index contributed by atoms with van der Waals surface area (Å²) in [7, 11) is 1.46. The molecule has 3 heteroatoms. The topological polar surface area (TPSA) is 35.5 Å². The lowest BCUT2D eigenvalue weighted by Crippen LogP contribution is -2.59. The Labute approximate surface area is 147 Å². The number of methoxy groups -OCH3 is 1. The van der Waals surface area contributed by atoms with Gasteiger partial charge in [-0.05, 0) is 62.9 Å². The van der Waals surface area contributed by atoms with Crippen LogP contribution in [0.3, 0.4) is 0 Å². The molecule has 136 valence electrons. The van der Waals surface area contributed by atoms with Gasteiger partial charge in [0, 0.05) is 5.41 Å². The van der Waals surface area contributed by atoms with Gasteiger partial charge >= 0.3 is 5.97 Å². The van der Waals surface area contributed by atoms with Gasteiger partial charge in [-0.1, -0.05) is 33.3 Å². The summed E-state index contributed by atoms with van der Waals surface area (Å²) in [6.45, 7) is 11.7. The maximum atomic E-state index is 11.9. The van der Waals surface area contributed by atoms with Gasteiger partial charge in [0.15, 0.2) is 0 Å². The minimum atomic E-state index is -0.408. The lowest BCUT2D eigenvalue weighted by molar-refractivity contribution is -0.193. The second kappa shape index (κ2) is 5.59. The van der Waals surface area contributed by atoms with Gasteiger partial charge in [-0.2, -0.15) is 0 Å². The van der Waals surface area contributed by atoms with E-state index in [0.717, 1.165) is 19.3 Å². The van der Waals surface area contributed by atoms with Crippen LogP contribution in [0.1, 0.15) is 79.6 Å². The van der Waals surface area contributed by atoms with Crippen molar-refractivity contribution >= 4 is 5.97 Å². The van der Waals surface area contributed by atoms with Crippen molar-refractivity contribution in [3.8, 4) is 0 Å². The molecule has 0 unspecified atom stereocenters. The molecule has 0 aromatic rings. The average Bonchev–Trinajstić information content (AvgIpc) is 2.83. The van der Waals surface area contributed by atoms with Crippen molar-refractivity contribution in [3.63, 3.8) is 0 Å². The predicted molar refractivity (Wildman–Crippen MR) is 95.7 cm³/mol. The van der Waals surface area contributed by atoms with Gasteiger partial charge in [-0.3, -0.25) is 4.79 Å². The zero-order valence-electron chi connectivity index (χ0n) is 16.3. The molecule has 3 nitrogen and oxygen atoms in total. The predicted octanol–water partition coefficient (Wildman–Crippen LogP) is 5.04. The molecular weight excluding hydrogens is 300 g/mol. The third-order valence-corrected chi connectivity index (χ3v) is 7.62. The van der Waals surface area contributed by atoms with E-state index < -0.39 is 5.60 Å². The molecule has 1 saturated heterocycles. The van der Waals surface area contributed by atoms with E-state index in [1.165, 1.54) is 31.9 Å². The van der Waals surface area contributed by atoms with E-state index in [0.29, 0.717) is 17.8 Å². The van der Waals surface area contributed by atoms with Crippen LogP contribution in [0.15, 0.2) is 11.6 Å². The van der Waals surface area contributed by atoms with Gasteiger partial charge in [0.25, 0.3) is 0 Å². The zero-order valence-corrected chi connectivity index (χ0v) is 16.3. The zero-order chi connectivity index (χ0) is 17.8. The van der Waals surface area contributed by atoms with Crippen molar-refractivity contribution in [1.82, 2.24) is 0 Å². The highest BCUT2D eigenvalue weighted by Gasteiger charge is 2.64. The smallest absolute Gasteiger partial charge is 0.308 e. The van der Waals surface area contributed by atoms with Crippen molar-refractivity contribution in [3.05, 3.63) is 11.6 Å². The second-order valence-corrected chi connectivity index (χ2v) is 9.57. The van der Waals surface area contributed by atoms with Gasteiger partial charge in [0.2, 0.25) is 0 Å². The fourth-order valence-corrected chi connectivity index (χ4v) is 6.24. The highest BCUT2D eigenvalue weighted by molar-refractivity contribution is 5.70. The standard InChI is InChI=1S/C21H34O3/c1-15-8-9-16-18(2,3)10-7-11-20(16,5)21(15)13-12-19(4,24-21)14-17(22)23-6/h8,16H,7,9-14H2,1-6H3/t16-,19+,20-,21+/m1/s1. The number of hydrogen-bond acceptors (Lipinski definition) is 3. The fourth-order valence-electron chi connectivity index (χ4n) is 6.24. The Balaban J connectivity index is 1.98. The van der Waals surface area contributed by atoms with Crippen LogP contribution in [0.25, 0.3) is 0 Å². The number of carbonyl (C=O) groups is 1. The first-order chi connectivity index (χ1) is 11.1. The fraction of sp³-hybridized carbons (Fsp3) is 0.857. The molecule has 3 aliphatic rings. The quantitative estimate of drug-likeness (QED) is 0.524. The Morgan fingerprint density at radius 3 is 2.58 bits per heavy atom. The first-order valence-corrected chi connectivity index (χ1v) is 9.53. The highest BCUT2D eigenvalue weighted by atomic mass is 16.5. The summed E-state index contributed by atoms with van der Waals surface area (Å²) in [6, 6.07) is 0. The van der Waals surface area contributed by atoms with Crippen molar-refractivity contribution < 1.29 is 14.3 Å². The van der Waals surface area contributed by atoms with Crippen LogP contribution in [0.5, 0.6) is 0 Å². The van der Waals surface area contributed by atoms with Crippen molar-refractivity contribution in [2.75, 3.05) is 7.11 Å². The van der Waals surface area contributed by atoms with Crippen molar-refractivity contribution in [2.45, 2.75) is 90.8 Å². The van der Waals surface area contributed by atoms with Crippen molar-refractivity contribution in [1.29, 1.82) is 0 Å². The molecule has 1 saturated carbocycles. The molecule has 4 atom stereocenters. The molecule has 0 aromatic heterocycles. The first-order valence-electron chi connectivity index (χ1n) is 9.53. The Bertz CT molecular complexity index is 563. The minimum Gasteiger partial charge on any atom is -0.469 e. The van der Waals surface area contributed by atoms with Crippen molar-refractivity contribution in [2.24, 2.45) is 16.7 Å². The summed E-state index contributed by atoms with van der Waals surface area (Å²) in [4.78, 5) is 11.9. The molecule has 1 spiro atoms. The number of fused-ring (bicyclic) bond motifs is 2. The van der Waals surface area contributed by atoms with Crippen LogP contribution < -0.4 is 0 Å². The molecule has 1 heterocycles. The monoisotopic (exact) mass is 334 g/mol. The number of hydrogen-bond donors (Lipinski definition) is 0. The summed E-state index contributed by atoms with van der Waals surface area (Å²) in [5.74, 6) is 0.473. The molecule has 1 aliphatic heterocycles. The Morgan fingerprint density at radius 2 is 1.92 bits per heavy atom. The van der Waals surface area contributed by atoms with Gasteiger partial charge in [-0.15, -0.1) is 0 Å². The van der Waals surface area contributed by atoms with Gasteiger partial charge in [-0.25, -0.2) is 0 Å². The summed E-state index contributed by atoms with van der Waals surface area (Å²) < 4.78 is 11.8. The lowest BCUT2D eigenvalue weighted by atomic mass is 9.46. The van der Waals surface area contributed by atoms with Crippen LogP contribution >= 0.6 is 0 Å². The molecule has 0 aromatic carbocycles. The lowest BCUT2D eigenvalue weighted by Gasteiger charge is -2.61. The normalized spacial score (nSPS) is 44.1. The largest absolute Gasteiger partial charge is 0.469 e. The van der Waals surface area contributed by atoms with E-state index in [9.17, 15) is 4.79 Å². The van der Waals surface area contributed by atoms with E-state index >= 15 is 0 Å². The average molecular weight is 335 g/mol. The molecule has 0 bridgehead atoms. The molecule has 0 radical (unpaired) electrons. The van der Waals surface area contributed by atoms with Crippen LogP contribution in [0, 0.1) is 16.7 Å². The maximum absolute atomic E-state index is 11.9. The van der Waals surface area contributed by atoms with E-state index in [1.54, 1.807) is 0 Å². The highest BCUT2D eigenvalue weighted by Crippen LogP contribution is 2.66. The molecule has 0 amide bonds. The summed E-state index contributed by atoms with van der Waals surface area (Å²) >= 11 is 0. The first kappa shape index (κ1) is 18.0. The second-order valence-electron chi connectivity index (χ2n) is 9.57. The SMILES string of the molecule is COC(=O)C[C@]1(C)CC[C@]2(O1)C(C)=CC[C@@H]1C(C)(C)CCC[C@]12C. The third kappa shape index (κ3) is 2.46. The van der Waals surface area contributed by atoms with Crippen LogP contribution in [0.2, 0.25) is 0 Å². The molecule has 2 aliphatic carbocycles. The molecule has 3 rings (SSSR count). The summed E-state index contributed by atoms with van der Waals surface area (Å²) in [6.07, 6.45) is 9.67. The number of rotatable bonds is 2. The minimum absolute atomic E-state index is 0.154. The maximum Gasteiger partial charge on any atom is 0.308 e.